The molecule has 0 atom stereocenters. The van der Waals surface area contributed by atoms with Crippen LogP contribution in [-0.4, -0.2) is 80.4 Å². The summed E-state index contributed by atoms with van der Waals surface area (Å²) < 4.78 is 73.0. The number of amidine groups is 1. The maximum atomic E-state index is 13.8. The zero-order valence-corrected chi connectivity index (χ0v) is 22.6. The Labute approximate surface area is 224 Å². The number of halogens is 3. The van der Waals surface area contributed by atoms with Gasteiger partial charge in [-0.1, -0.05) is 6.07 Å². The van der Waals surface area contributed by atoms with Crippen molar-refractivity contribution in [2.75, 3.05) is 39.5 Å². The van der Waals surface area contributed by atoms with Crippen molar-refractivity contribution in [2.24, 2.45) is 4.99 Å². The minimum Gasteiger partial charge on any atom is -0.483 e. The van der Waals surface area contributed by atoms with E-state index in [1.165, 1.54) is 9.21 Å². The molecule has 0 unspecified atom stereocenters. The van der Waals surface area contributed by atoms with E-state index in [9.17, 15) is 31.2 Å². The predicted octanol–water partition coefficient (Wildman–Crippen LogP) is 2.43. The molecule has 0 radical (unpaired) electrons. The van der Waals surface area contributed by atoms with Gasteiger partial charge in [-0.15, -0.1) is 0 Å². The molecule has 0 saturated carbocycles. The molecule has 2 heterocycles. The monoisotopic (exact) mass is 566 g/mol. The van der Waals surface area contributed by atoms with Crippen LogP contribution in [0.4, 0.5) is 13.2 Å². The molecular formula is C26H29F3N4O5S. The number of amides is 2. The van der Waals surface area contributed by atoms with E-state index in [1.807, 2.05) is 6.92 Å². The number of sulfonamides is 1. The van der Waals surface area contributed by atoms with Gasteiger partial charge in [-0.3, -0.25) is 14.6 Å². The summed E-state index contributed by atoms with van der Waals surface area (Å²) in [6.07, 6.45) is 0.551. The minimum atomic E-state index is -3.63. The first-order valence-electron chi connectivity index (χ1n) is 12.3. The van der Waals surface area contributed by atoms with E-state index in [1.54, 1.807) is 32.3 Å². The number of rotatable bonds is 8. The first-order chi connectivity index (χ1) is 18.3. The van der Waals surface area contributed by atoms with Gasteiger partial charge in [0.25, 0.3) is 11.8 Å². The second-order valence-corrected chi connectivity index (χ2v) is 11.9. The normalized spacial score (nSPS) is 17.2. The molecule has 2 amide bonds. The van der Waals surface area contributed by atoms with Crippen molar-refractivity contribution in [1.29, 1.82) is 0 Å². The molecular weight excluding hydrogens is 537 g/mol. The minimum absolute atomic E-state index is 0.0838. The molecule has 2 aliphatic rings. The summed E-state index contributed by atoms with van der Waals surface area (Å²) in [7, 11) is -0.308. The third-order valence-corrected chi connectivity index (χ3v) is 8.83. The number of nitrogens with one attached hydrogen (secondary N) is 1. The van der Waals surface area contributed by atoms with Gasteiger partial charge in [0.2, 0.25) is 15.8 Å². The van der Waals surface area contributed by atoms with Gasteiger partial charge in [0.1, 0.15) is 18.0 Å². The Morgan fingerprint density at radius 3 is 2.46 bits per heavy atom. The number of piperidine rings is 1. The molecule has 0 aromatic heterocycles. The van der Waals surface area contributed by atoms with E-state index < -0.39 is 44.7 Å². The maximum Gasteiger partial charge on any atom is 0.253 e. The van der Waals surface area contributed by atoms with Gasteiger partial charge in [-0.05, 0) is 61.6 Å². The summed E-state index contributed by atoms with van der Waals surface area (Å²) >= 11 is 0. The molecule has 1 N–H and O–H groups in total. The molecule has 39 heavy (non-hydrogen) atoms. The lowest BCUT2D eigenvalue weighted by Gasteiger charge is -2.34. The van der Waals surface area contributed by atoms with Crippen LogP contribution in [0.2, 0.25) is 0 Å². The van der Waals surface area contributed by atoms with Gasteiger partial charge in [-0.25, -0.2) is 21.5 Å². The average molecular weight is 567 g/mol. The third-order valence-electron chi connectivity index (χ3n) is 6.96. The van der Waals surface area contributed by atoms with Gasteiger partial charge >= 0.3 is 0 Å². The van der Waals surface area contributed by atoms with Crippen LogP contribution >= 0.6 is 0 Å². The van der Waals surface area contributed by atoms with Crippen LogP contribution in [0.25, 0.3) is 0 Å². The van der Waals surface area contributed by atoms with Crippen molar-refractivity contribution >= 4 is 27.7 Å². The maximum absolute atomic E-state index is 13.8. The standard InChI is InChI=1S/C26H29F3N4O5S/c1-16-14-18(24(34)32(2)3)5-4-17(16)8-13-39(36,37)33-11-9-26(10-12-33)25(35)30-21(31-26)15-38-20-7-6-19(27)22(28)23(20)29/h4-7,14H,8-13,15H2,1-3H3,(H,30,31,35). The Kier molecular flexibility index (Phi) is 8.03. The summed E-state index contributed by atoms with van der Waals surface area (Å²) in [5, 5.41) is 2.56. The third kappa shape index (κ3) is 5.93. The summed E-state index contributed by atoms with van der Waals surface area (Å²) in [5.41, 5.74) is 0.998. The second-order valence-electron chi connectivity index (χ2n) is 9.81. The lowest BCUT2D eigenvalue weighted by molar-refractivity contribution is -0.124. The molecule has 4 rings (SSSR count). The molecule has 1 spiro atoms. The van der Waals surface area contributed by atoms with Gasteiger partial charge < -0.3 is 15.0 Å². The van der Waals surface area contributed by atoms with Gasteiger partial charge in [-0.2, -0.15) is 4.39 Å². The first kappa shape index (κ1) is 28.6. The molecule has 1 fully saturated rings. The molecule has 0 aliphatic carbocycles. The highest BCUT2D eigenvalue weighted by atomic mass is 32.2. The molecule has 9 nitrogen and oxygen atoms in total. The highest BCUT2D eigenvalue weighted by Gasteiger charge is 2.47. The van der Waals surface area contributed by atoms with Crippen molar-refractivity contribution in [3.8, 4) is 5.75 Å². The Bertz CT molecular complexity index is 1440. The average Bonchev–Trinajstić information content (AvgIpc) is 3.19. The Balaban J connectivity index is 1.35. The number of hydrogen-bond donors (Lipinski definition) is 1. The highest BCUT2D eigenvalue weighted by molar-refractivity contribution is 7.89. The fourth-order valence-corrected chi connectivity index (χ4v) is 6.10. The molecule has 2 aromatic carbocycles. The van der Waals surface area contributed by atoms with Crippen LogP contribution in [-0.2, 0) is 21.2 Å². The summed E-state index contributed by atoms with van der Waals surface area (Å²) in [4.78, 5) is 30.7. The van der Waals surface area contributed by atoms with Crippen molar-refractivity contribution in [3.05, 3.63) is 64.5 Å². The Morgan fingerprint density at radius 1 is 1.13 bits per heavy atom. The largest absolute Gasteiger partial charge is 0.483 e. The number of carbonyl (C=O) groups is 2. The Hall–Kier alpha value is -3.45. The van der Waals surface area contributed by atoms with E-state index >= 15 is 0 Å². The van der Waals surface area contributed by atoms with E-state index in [0.29, 0.717) is 5.56 Å². The van der Waals surface area contributed by atoms with Crippen molar-refractivity contribution in [3.63, 3.8) is 0 Å². The first-order valence-corrected chi connectivity index (χ1v) is 13.9. The number of carbonyl (C=O) groups excluding carboxylic acids is 2. The molecule has 1 saturated heterocycles. The number of aryl methyl sites for hydroxylation is 2. The van der Waals surface area contributed by atoms with Crippen LogP contribution < -0.4 is 10.1 Å². The molecule has 210 valence electrons. The SMILES string of the molecule is Cc1cc(C(=O)N(C)C)ccc1CCS(=O)(=O)N1CCC2(CC1)N=C(COc1ccc(F)c(F)c1F)NC2=O. The Morgan fingerprint density at radius 2 is 1.82 bits per heavy atom. The zero-order chi connectivity index (χ0) is 28.5. The zero-order valence-electron chi connectivity index (χ0n) is 21.8. The van der Waals surface area contributed by atoms with Crippen molar-refractivity contribution in [1.82, 2.24) is 14.5 Å². The van der Waals surface area contributed by atoms with E-state index in [4.69, 9.17) is 4.74 Å². The molecule has 2 aliphatic heterocycles. The summed E-state index contributed by atoms with van der Waals surface area (Å²) in [5.74, 6) is -5.62. The highest BCUT2D eigenvalue weighted by Crippen LogP contribution is 2.32. The van der Waals surface area contributed by atoms with Crippen LogP contribution in [0.3, 0.4) is 0 Å². The summed E-state index contributed by atoms with van der Waals surface area (Å²) in [6, 6.07) is 6.85. The lowest BCUT2D eigenvalue weighted by atomic mass is 9.89. The van der Waals surface area contributed by atoms with Gasteiger partial charge in [0, 0.05) is 32.7 Å². The molecule has 0 bridgehead atoms. The van der Waals surface area contributed by atoms with Crippen molar-refractivity contribution < 1.29 is 35.9 Å². The second kappa shape index (κ2) is 11.0. The number of hydrogen-bond acceptors (Lipinski definition) is 6. The lowest BCUT2D eigenvalue weighted by Crippen LogP contribution is -2.51. The van der Waals surface area contributed by atoms with E-state index in [-0.39, 0.29) is 56.5 Å². The summed E-state index contributed by atoms with van der Waals surface area (Å²) in [6.45, 7) is 1.62. The fraction of sp³-hybridized carbons (Fsp3) is 0.423. The van der Waals surface area contributed by atoms with E-state index in [2.05, 4.69) is 10.3 Å². The predicted molar refractivity (Wildman–Crippen MR) is 138 cm³/mol. The van der Waals surface area contributed by atoms with Crippen LogP contribution in [0.5, 0.6) is 5.75 Å². The quantitative estimate of drug-likeness (QED) is 0.494. The number of benzene rings is 2. The molecule has 2 aromatic rings. The van der Waals surface area contributed by atoms with Crippen LogP contribution in [0, 0.1) is 24.4 Å². The van der Waals surface area contributed by atoms with E-state index in [0.717, 1.165) is 23.3 Å². The number of nitrogens with zero attached hydrogens (tertiary/aromatic N) is 3. The fourth-order valence-electron chi connectivity index (χ4n) is 4.63. The topological polar surface area (TPSA) is 108 Å². The van der Waals surface area contributed by atoms with Crippen molar-refractivity contribution in [2.45, 2.75) is 31.7 Å². The van der Waals surface area contributed by atoms with Crippen LogP contribution in [0.1, 0.15) is 34.3 Å². The number of aliphatic imine (C=N–C) groups is 1. The van der Waals surface area contributed by atoms with Gasteiger partial charge in [0.15, 0.2) is 17.4 Å². The smallest absolute Gasteiger partial charge is 0.253 e. The molecule has 13 heteroatoms. The van der Waals surface area contributed by atoms with Gasteiger partial charge in [0.05, 0.1) is 5.75 Å². The van der Waals surface area contributed by atoms with Crippen LogP contribution in [0.15, 0.2) is 35.3 Å². The number of ether oxygens (including phenoxy) is 1.